The van der Waals surface area contributed by atoms with Gasteiger partial charge in [0.15, 0.2) is 11.5 Å². The quantitative estimate of drug-likeness (QED) is 0.635. The third kappa shape index (κ3) is 4.68. The van der Waals surface area contributed by atoms with E-state index < -0.39 is 6.04 Å². The lowest BCUT2D eigenvalue weighted by atomic mass is 10.1. The molecule has 1 aliphatic heterocycles. The maximum Gasteiger partial charge on any atom is 0.273 e. The van der Waals surface area contributed by atoms with E-state index in [1.54, 1.807) is 0 Å². The summed E-state index contributed by atoms with van der Waals surface area (Å²) in [6.07, 6.45) is 1.80. The molecule has 146 valence electrons. The number of methoxy groups -OCH3 is 1. The van der Waals surface area contributed by atoms with E-state index in [0.29, 0.717) is 37.8 Å². The van der Waals surface area contributed by atoms with Crippen molar-refractivity contribution in [1.82, 2.24) is 30.8 Å². The van der Waals surface area contributed by atoms with Gasteiger partial charge in [0, 0.05) is 32.3 Å². The molecule has 3 heterocycles. The highest BCUT2D eigenvalue weighted by molar-refractivity contribution is 5.92. The van der Waals surface area contributed by atoms with Crippen molar-refractivity contribution in [1.29, 1.82) is 0 Å². The lowest BCUT2D eigenvalue weighted by molar-refractivity contribution is -0.125. The van der Waals surface area contributed by atoms with E-state index in [0.717, 1.165) is 0 Å². The molecule has 1 aliphatic rings. The van der Waals surface area contributed by atoms with E-state index >= 15 is 0 Å². The summed E-state index contributed by atoms with van der Waals surface area (Å²) >= 11 is 0. The summed E-state index contributed by atoms with van der Waals surface area (Å²) in [7, 11) is 1.54. The molecule has 2 N–H and O–H groups in total. The van der Waals surface area contributed by atoms with Gasteiger partial charge in [0.2, 0.25) is 5.91 Å². The number of hydrogen-bond acceptors (Lipinski definition) is 9. The van der Waals surface area contributed by atoms with Crippen LogP contribution in [-0.4, -0.2) is 64.3 Å². The number of rotatable bonds is 8. The molecule has 11 heteroatoms. The maximum atomic E-state index is 12.4. The number of nitrogens with zero attached hydrogens (tertiary/aromatic N) is 4. The molecule has 1 fully saturated rings. The first-order chi connectivity index (χ1) is 13.1. The molecule has 0 unspecified atom stereocenters. The van der Waals surface area contributed by atoms with Crippen LogP contribution in [0.4, 0.5) is 0 Å². The number of nitrogens with one attached hydrogen (secondary N) is 2. The number of carbonyl (C=O) groups is 2. The molecule has 2 aromatic heterocycles. The highest BCUT2D eigenvalue weighted by Gasteiger charge is 2.38. The Labute approximate surface area is 155 Å². The summed E-state index contributed by atoms with van der Waals surface area (Å²) in [5, 5.41) is 13.2. The van der Waals surface area contributed by atoms with Crippen molar-refractivity contribution in [3.63, 3.8) is 0 Å². The van der Waals surface area contributed by atoms with Gasteiger partial charge >= 0.3 is 0 Å². The summed E-state index contributed by atoms with van der Waals surface area (Å²) in [4.78, 5) is 30.8. The summed E-state index contributed by atoms with van der Waals surface area (Å²) in [5.74, 6) is 0.389. The Bertz CT molecular complexity index is 761. The van der Waals surface area contributed by atoms with Crippen LogP contribution < -0.4 is 10.6 Å². The van der Waals surface area contributed by atoms with E-state index in [9.17, 15) is 9.59 Å². The Balaban J connectivity index is 1.67. The van der Waals surface area contributed by atoms with Gasteiger partial charge in [0.05, 0.1) is 12.6 Å². The van der Waals surface area contributed by atoms with Crippen LogP contribution in [0.3, 0.4) is 0 Å². The average Bonchev–Trinajstić information content (AvgIpc) is 3.37. The predicted octanol–water partition coefficient (Wildman–Crippen LogP) is -0.287. The molecule has 2 amide bonds. The molecule has 2 atom stereocenters. The third-order valence-corrected chi connectivity index (χ3v) is 4.19. The molecule has 0 aliphatic carbocycles. The predicted molar refractivity (Wildman–Crippen MR) is 90.3 cm³/mol. The summed E-state index contributed by atoms with van der Waals surface area (Å²) in [6.45, 7) is 3.41. The van der Waals surface area contributed by atoms with Gasteiger partial charge in [-0.15, -0.1) is 0 Å². The number of aromatic nitrogens is 3. The number of amides is 2. The van der Waals surface area contributed by atoms with E-state index in [-0.39, 0.29) is 30.2 Å². The molecule has 2 aromatic rings. The molecule has 0 aromatic carbocycles. The third-order valence-electron chi connectivity index (χ3n) is 4.19. The summed E-state index contributed by atoms with van der Waals surface area (Å²) < 4.78 is 14.8. The fourth-order valence-corrected chi connectivity index (χ4v) is 3.05. The summed E-state index contributed by atoms with van der Waals surface area (Å²) in [5.41, 5.74) is 0.199. The van der Waals surface area contributed by atoms with Crippen LogP contribution >= 0.6 is 0 Å². The normalized spacial score (nSPS) is 19.9. The maximum absolute atomic E-state index is 12.4. The SMILES string of the molecule is CCNC(=O)[C@@H]1C[C@H](NC(=O)c2ccon2)CN1Cc1noc(COC)n1. The standard InChI is InChI=1S/C16H22N6O5/c1-3-17-16(24)12-6-10(18-15(23)11-4-5-26-20-11)7-22(12)8-13-19-14(9-25-2)27-21-13/h4-5,10,12H,3,6-9H2,1-2H3,(H,17,24)(H,18,23)/t10-,12-/m0/s1. The Morgan fingerprint density at radius 1 is 1.41 bits per heavy atom. The van der Waals surface area contributed by atoms with Crippen molar-refractivity contribution in [3.05, 3.63) is 29.7 Å². The molecule has 3 rings (SSSR count). The monoisotopic (exact) mass is 378 g/mol. The molecular formula is C16H22N6O5. The van der Waals surface area contributed by atoms with Crippen LogP contribution in [0.1, 0.15) is 35.5 Å². The average molecular weight is 378 g/mol. The largest absolute Gasteiger partial charge is 0.375 e. The fraction of sp³-hybridized carbons (Fsp3) is 0.562. The highest BCUT2D eigenvalue weighted by atomic mass is 16.5. The first kappa shape index (κ1) is 19.0. The van der Waals surface area contributed by atoms with Gasteiger partial charge in [0.1, 0.15) is 12.9 Å². The zero-order valence-corrected chi connectivity index (χ0v) is 15.2. The minimum Gasteiger partial charge on any atom is -0.375 e. The Morgan fingerprint density at radius 3 is 2.96 bits per heavy atom. The van der Waals surface area contributed by atoms with E-state index in [2.05, 4.69) is 25.9 Å². The minimum absolute atomic E-state index is 0.101. The van der Waals surface area contributed by atoms with Crippen LogP contribution in [0.2, 0.25) is 0 Å². The fourth-order valence-electron chi connectivity index (χ4n) is 3.05. The zero-order chi connectivity index (χ0) is 19.2. The van der Waals surface area contributed by atoms with Crippen LogP contribution in [0.25, 0.3) is 0 Å². The second kappa shape index (κ2) is 8.73. The molecule has 1 saturated heterocycles. The van der Waals surface area contributed by atoms with Crippen LogP contribution in [0.5, 0.6) is 0 Å². The van der Waals surface area contributed by atoms with Gasteiger partial charge in [-0.05, 0) is 13.3 Å². The van der Waals surface area contributed by atoms with Gasteiger partial charge < -0.3 is 24.4 Å². The minimum atomic E-state index is -0.406. The first-order valence-corrected chi connectivity index (χ1v) is 8.64. The smallest absolute Gasteiger partial charge is 0.273 e. The lowest BCUT2D eigenvalue weighted by Crippen LogP contribution is -2.42. The van der Waals surface area contributed by atoms with E-state index in [1.807, 2.05) is 11.8 Å². The van der Waals surface area contributed by atoms with Crippen molar-refractivity contribution in [2.45, 2.75) is 38.6 Å². The topological polar surface area (TPSA) is 136 Å². The van der Waals surface area contributed by atoms with Crippen molar-refractivity contribution < 1.29 is 23.4 Å². The van der Waals surface area contributed by atoms with Crippen LogP contribution in [0.15, 0.2) is 21.4 Å². The second-order valence-corrected chi connectivity index (χ2v) is 6.17. The second-order valence-electron chi connectivity index (χ2n) is 6.17. The molecule has 11 nitrogen and oxygen atoms in total. The van der Waals surface area contributed by atoms with Crippen LogP contribution in [-0.2, 0) is 22.7 Å². The number of hydrogen-bond donors (Lipinski definition) is 2. The number of likely N-dealkylation sites (N-methyl/N-ethyl adjacent to an activating group) is 1. The molecule has 0 radical (unpaired) electrons. The first-order valence-electron chi connectivity index (χ1n) is 8.64. The van der Waals surface area contributed by atoms with Gasteiger partial charge in [-0.25, -0.2) is 0 Å². The Hall–Kier alpha value is -2.79. The number of ether oxygens (including phenoxy) is 1. The van der Waals surface area contributed by atoms with Crippen molar-refractivity contribution >= 4 is 11.8 Å². The summed E-state index contributed by atoms with van der Waals surface area (Å²) in [6, 6.07) is 0.865. The number of likely N-dealkylation sites (tertiary alicyclic amines) is 1. The molecule has 0 saturated carbocycles. The van der Waals surface area contributed by atoms with Gasteiger partial charge in [0.25, 0.3) is 11.8 Å². The van der Waals surface area contributed by atoms with Gasteiger partial charge in [-0.2, -0.15) is 4.98 Å². The molecule has 0 bridgehead atoms. The van der Waals surface area contributed by atoms with Crippen molar-refractivity contribution in [2.24, 2.45) is 0 Å². The Morgan fingerprint density at radius 2 is 2.26 bits per heavy atom. The van der Waals surface area contributed by atoms with Crippen molar-refractivity contribution in [2.75, 3.05) is 20.2 Å². The lowest BCUT2D eigenvalue weighted by Gasteiger charge is -2.21. The Kier molecular flexibility index (Phi) is 6.14. The van der Waals surface area contributed by atoms with E-state index in [1.165, 1.54) is 19.4 Å². The zero-order valence-electron chi connectivity index (χ0n) is 15.2. The van der Waals surface area contributed by atoms with Gasteiger partial charge in [-0.1, -0.05) is 10.3 Å². The molecular weight excluding hydrogens is 356 g/mol. The van der Waals surface area contributed by atoms with Crippen LogP contribution in [0, 0.1) is 0 Å². The molecule has 0 spiro atoms. The molecule has 27 heavy (non-hydrogen) atoms. The van der Waals surface area contributed by atoms with Crippen molar-refractivity contribution in [3.8, 4) is 0 Å². The number of carbonyl (C=O) groups excluding carboxylic acids is 2. The highest BCUT2D eigenvalue weighted by Crippen LogP contribution is 2.21. The van der Waals surface area contributed by atoms with Gasteiger partial charge in [-0.3, -0.25) is 14.5 Å². The van der Waals surface area contributed by atoms with E-state index in [4.69, 9.17) is 13.8 Å².